The van der Waals surface area contributed by atoms with Crippen LogP contribution in [0.25, 0.3) is 16.9 Å². The Labute approximate surface area is 295 Å². The molecular formula is C37H43F2N11O. The van der Waals surface area contributed by atoms with Crippen LogP contribution in [0.4, 0.5) is 20.3 Å². The first-order chi connectivity index (χ1) is 24.8. The van der Waals surface area contributed by atoms with Crippen LogP contribution in [-0.4, -0.2) is 88.9 Å². The Morgan fingerprint density at radius 2 is 1.57 bits per heavy atom. The highest BCUT2D eigenvalue weighted by molar-refractivity contribution is 5.79. The molecule has 5 aromatic rings. The van der Waals surface area contributed by atoms with Gasteiger partial charge in [-0.2, -0.15) is 10.2 Å². The highest BCUT2D eigenvalue weighted by Crippen LogP contribution is 2.32. The molecule has 1 atom stereocenters. The molecule has 3 aliphatic heterocycles. The summed E-state index contributed by atoms with van der Waals surface area (Å²) in [6, 6.07) is 3.12. The first kappa shape index (κ1) is 33.2. The Hall–Kier alpha value is -4.95. The number of carbonyl (C=O) groups is 1. The molecule has 4 aromatic heterocycles. The number of benzene rings is 1. The van der Waals surface area contributed by atoms with Gasteiger partial charge in [-0.3, -0.25) is 18.6 Å². The zero-order valence-electron chi connectivity index (χ0n) is 28.8. The minimum absolute atomic E-state index is 0.0526. The van der Waals surface area contributed by atoms with Gasteiger partial charge < -0.3 is 20.4 Å². The van der Waals surface area contributed by atoms with Crippen molar-refractivity contribution in [3.05, 3.63) is 90.5 Å². The molecular weight excluding hydrogens is 652 g/mol. The molecule has 0 spiro atoms. The Kier molecular flexibility index (Phi) is 9.11. The second kappa shape index (κ2) is 14.0. The number of hydrogen-bond acceptors (Lipinski definition) is 8. The molecule has 7 heterocycles. The van der Waals surface area contributed by atoms with Crippen molar-refractivity contribution in [2.45, 2.75) is 63.5 Å². The molecule has 2 N–H and O–H groups in total. The van der Waals surface area contributed by atoms with Gasteiger partial charge >= 0.3 is 0 Å². The lowest BCUT2D eigenvalue weighted by atomic mass is 9.91. The fourth-order valence-corrected chi connectivity index (χ4v) is 7.78. The minimum Gasteiger partial charge on any atom is -0.335 e. The predicted molar refractivity (Wildman–Crippen MR) is 189 cm³/mol. The number of rotatable bonds is 9. The van der Waals surface area contributed by atoms with E-state index in [2.05, 4.69) is 53.0 Å². The second-order valence-electron chi connectivity index (χ2n) is 14.1. The van der Waals surface area contributed by atoms with E-state index >= 15 is 0 Å². The molecule has 0 saturated carbocycles. The number of piperidine rings is 3. The van der Waals surface area contributed by atoms with E-state index in [4.69, 9.17) is 5.10 Å². The highest BCUT2D eigenvalue weighted by Gasteiger charge is 2.28. The van der Waals surface area contributed by atoms with Gasteiger partial charge in [0.2, 0.25) is 5.91 Å². The van der Waals surface area contributed by atoms with Crippen LogP contribution >= 0.6 is 0 Å². The van der Waals surface area contributed by atoms with Crippen LogP contribution in [0.1, 0.15) is 67.7 Å². The van der Waals surface area contributed by atoms with Crippen molar-refractivity contribution in [2.75, 3.05) is 44.6 Å². The summed E-state index contributed by atoms with van der Waals surface area (Å²) in [7, 11) is 0. The fraction of sp³-hybridized carbons (Fsp3) is 0.432. The molecule has 0 bridgehead atoms. The smallest absolute Gasteiger partial charge is 0.224 e. The molecule has 51 heavy (non-hydrogen) atoms. The number of fused-ring (bicyclic) bond motifs is 1. The van der Waals surface area contributed by atoms with Crippen LogP contribution in [0.2, 0.25) is 0 Å². The van der Waals surface area contributed by atoms with E-state index in [1.807, 2.05) is 17.1 Å². The molecule has 1 amide bonds. The summed E-state index contributed by atoms with van der Waals surface area (Å²) in [6.45, 7) is 12.0. The van der Waals surface area contributed by atoms with Gasteiger partial charge in [0.05, 0.1) is 42.1 Å². The Balaban J connectivity index is 0.804. The molecule has 1 aromatic carbocycles. The van der Waals surface area contributed by atoms with E-state index < -0.39 is 11.6 Å². The third-order valence-electron chi connectivity index (χ3n) is 10.8. The van der Waals surface area contributed by atoms with Crippen LogP contribution in [0.3, 0.4) is 0 Å². The monoisotopic (exact) mass is 695 g/mol. The fourth-order valence-electron chi connectivity index (χ4n) is 7.78. The predicted octanol–water partition coefficient (Wildman–Crippen LogP) is 5.60. The number of hydrogen-bond donors (Lipinski definition) is 2. The molecule has 12 nitrogen and oxygen atoms in total. The number of anilines is 2. The van der Waals surface area contributed by atoms with Crippen molar-refractivity contribution in [1.29, 1.82) is 0 Å². The first-order valence-electron chi connectivity index (χ1n) is 17.9. The number of allylic oxidation sites excluding steroid dienone is 1. The van der Waals surface area contributed by atoms with Gasteiger partial charge in [0.15, 0.2) is 11.5 Å². The molecule has 0 aliphatic carbocycles. The number of nitrogens with zero attached hydrogens (tertiary/aromatic N) is 9. The maximum Gasteiger partial charge on any atom is 0.224 e. The van der Waals surface area contributed by atoms with Crippen molar-refractivity contribution in [3.8, 4) is 11.3 Å². The van der Waals surface area contributed by atoms with Crippen molar-refractivity contribution >= 4 is 23.1 Å². The molecule has 14 heteroatoms. The zero-order chi connectivity index (χ0) is 35.1. The van der Waals surface area contributed by atoms with Gasteiger partial charge in [-0.05, 0) is 56.2 Å². The molecule has 0 radical (unpaired) electrons. The van der Waals surface area contributed by atoms with Crippen molar-refractivity contribution < 1.29 is 13.6 Å². The van der Waals surface area contributed by atoms with E-state index in [1.54, 1.807) is 36.1 Å². The topological polar surface area (TPSA) is 113 Å². The summed E-state index contributed by atoms with van der Waals surface area (Å²) < 4.78 is 34.5. The third kappa shape index (κ3) is 6.89. The van der Waals surface area contributed by atoms with Gasteiger partial charge in [0.1, 0.15) is 11.6 Å². The SMILES string of the molecule is C=C1NC(=O)CCC1c1cnn(C2CCN(CCN3CCC(n4cc(Nc5ncc(-c6cc(C)c(F)cc6F)n6ccnc56)cn4)CC3)CC2)c1. The van der Waals surface area contributed by atoms with Crippen molar-refractivity contribution in [1.82, 2.24) is 49.0 Å². The molecule has 1 unspecified atom stereocenters. The maximum absolute atomic E-state index is 14.7. The number of aromatic nitrogens is 7. The number of nitrogens with one attached hydrogen (secondary N) is 2. The van der Waals surface area contributed by atoms with Gasteiger partial charge in [0, 0.05) is 93.7 Å². The Morgan fingerprint density at radius 3 is 2.27 bits per heavy atom. The second-order valence-corrected chi connectivity index (χ2v) is 14.1. The summed E-state index contributed by atoms with van der Waals surface area (Å²) in [5.74, 6) is -0.502. The standard InChI is InChI=1S/C37H43F2N11O/c1-24-17-31(33(39)18-32(24)38)34-21-41-36(37-40-9-14-48(34)37)45-27-20-43-50(23-27)29-7-12-47(13-8-29)16-15-46-10-5-28(6-11-46)49-22-26(19-42-49)30-3-4-35(51)44-25(30)2/h9,14,17-23,28-30H,2-8,10-13,15-16H2,1H3,(H,41,45)(H,44,51). The average molecular weight is 696 g/mol. The van der Waals surface area contributed by atoms with Gasteiger partial charge in [-0.1, -0.05) is 6.58 Å². The van der Waals surface area contributed by atoms with Crippen molar-refractivity contribution in [2.24, 2.45) is 0 Å². The molecule has 3 aliphatic rings. The number of likely N-dealkylation sites (tertiary alicyclic amines) is 2. The van der Waals surface area contributed by atoms with E-state index in [-0.39, 0.29) is 17.4 Å². The lowest BCUT2D eigenvalue weighted by molar-refractivity contribution is -0.121. The van der Waals surface area contributed by atoms with Crippen LogP contribution in [0.5, 0.6) is 0 Å². The summed E-state index contributed by atoms with van der Waals surface area (Å²) in [4.78, 5) is 25.8. The summed E-state index contributed by atoms with van der Waals surface area (Å²) in [6.07, 6.45) is 18.4. The molecule has 3 fully saturated rings. The number of aryl methyl sites for hydroxylation is 1. The van der Waals surface area contributed by atoms with Crippen LogP contribution in [0.15, 0.2) is 67.8 Å². The van der Waals surface area contributed by atoms with Gasteiger partial charge in [-0.15, -0.1) is 0 Å². The summed E-state index contributed by atoms with van der Waals surface area (Å²) in [5.41, 5.74) is 4.37. The minimum atomic E-state index is -0.648. The van der Waals surface area contributed by atoms with E-state index in [9.17, 15) is 13.6 Å². The number of amides is 1. The number of imidazole rings is 1. The average Bonchev–Trinajstić information content (AvgIpc) is 3.92. The number of carbonyl (C=O) groups excluding carboxylic acids is 1. The first-order valence-corrected chi connectivity index (χ1v) is 17.9. The largest absolute Gasteiger partial charge is 0.335 e. The van der Waals surface area contributed by atoms with Crippen LogP contribution < -0.4 is 10.6 Å². The third-order valence-corrected chi connectivity index (χ3v) is 10.8. The lowest BCUT2D eigenvalue weighted by Gasteiger charge is -2.36. The highest BCUT2D eigenvalue weighted by atomic mass is 19.1. The van der Waals surface area contributed by atoms with Gasteiger partial charge in [-0.25, -0.2) is 18.7 Å². The molecule has 266 valence electrons. The van der Waals surface area contributed by atoms with E-state index in [0.29, 0.717) is 41.2 Å². The normalized spacial score (nSPS) is 19.9. The van der Waals surface area contributed by atoms with Crippen LogP contribution in [-0.2, 0) is 4.79 Å². The maximum atomic E-state index is 14.7. The Morgan fingerprint density at radius 1 is 0.882 bits per heavy atom. The lowest BCUT2D eigenvalue weighted by Crippen LogP contribution is -2.42. The summed E-state index contributed by atoms with van der Waals surface area (Å²) >= 11 is 0. The van der Waals surface area contributed by atoms with Crippen LogP contribution in [0, 0.1) is 18.6 Å². The van der Waals surface area contributed by atoms with Crippen molar-refractivity contribution in [3.63, 3.8) is 0 Å². The molecule has 8 rings (SSSR count). The molecule has 3 saturated heterocycles. The van der Waals surface area contributed by atoms with E-state index in [0.717, 1.165) is 94.4 Å². The van der Waals surface area contributed by atoms with Gasteiger partial charge in [0.25, 0.3) is 0 Å². The Bertz CT molecular complexity index is 2050. The van der Waals surface area contributed by atoms with E-state index in [1.165, 1.54) is 6.07 Å². The quantitative estimate of drug-likeness (QED) is 0.205. The number of halogens is 2. The summed E-state index contributed by atoms with van der Waals surface area (Å²) in [5, 5.41) is 15.6. The zero-order valence-corrected chi connectivity index (χ0v) is 28.8.